The van der Waals surface area contributed by atoms with Gasteiger partial charge in [0.15, 0.2) is 5.12 Å². The van der Waals surface area contributed by atoms with Gasteiger partial charge in [0.1, 0.15) is 0 Å². The number of anilines is 2. The first kappa shape index (κ1) is 15.8. The van der Waals surface area contributed by atoms with Crippen LogP contribution in [0, 0.1) is 0 Å². The Morgan fingerprint density at radius 1 is 1.43 bits per heavy atom. The van der Waals surface area contributed by atoms with Crippen molar-refractivity contribution in [3.8, 4) is 0 Å². The summed E-state index contributed by atoms with van der Waals surface area (Å²) < 4.78 is 24.9. The maximum Gasteiger partial charge on any atom is 0.229 e. The van der Waals surface area contributed by atoms with Crippen LogP contribution in [0.1, 0.15) is 13.3 Å². The molecule has 1 saturated heterocycles. The third kappa shape index (κ3) is 4.47. The van der Waals surface area contributed by atoms with Gasteiger partial charge in [0.25, 0.3) is 0 Å². The van der Waals surface area contributed by atoms with Crippen LogP contribution in [0.15, 0.2) is 24.3 Å². The molecule has 0 saturated carbocycles. The maximum absolute atomic E-state index is 12.0. The summed E-state index contributed by atoms with van der Waals surface area (Å²) in [5, 5.41) is -0.0660. The summed E-state index contributed by atoms with van der Waals surface area (Å²) in [7, 11) is -3.36. The van der Waals surface area contributed by atoms with Crippen molar-refractivity contribution >= 4 is 44.2 Å². The first-order valence-corrected chi connectivity index (χ1v) is 9.07. The molecule has 1 heterocycles. The van der Waals surface area contributed by atoms with Gasteiger partial charge in [-0.15, -0.1) is 0 Å². The van der Waals surface area contributed by atoms with Crippen molar-refractivity contribution in [2.75, 3.05) is 22.4 Å². The summed E-state index contributed by atoms with van der Waals surface area (Å²) in [6.45, 7) is 1.93. The molecule has 0 bridgehead atoms. The van der Waals surface area contributed by atoms with Gasteiger partial charge < -0.3 is 4.90 Å². The van der Waals surface area contributed by atoms with Crippen LogP contribution in [0.3, 0.4) is 0 Å². The van der Waals surface area contributed by atoms with Gasteiger partial charge in [-0.25, -0.2) is 8.42 Å². The lowest BCUT2D eigenvalue weighted by atomic mass is 10.2. The highest BCUT2D eigenvalue weighted by molar-refractivity contribution is 8.14. The van der Waals surface area contributed by atoms with Gasteiger partial charge in [0.05, 0.1) is 11.9 Å². The van der Waals surface area contributed by atoms with Crippen molar-refractivity contribution in [2.24, 2.45) is 0 Å². The molecule has 6 nitrogen and oxygen atoms in total. The van der Waals surface area contributed by atoms with Crippen LogP contribution >= 0.6 is 11.8 Å². The topological polar surface area (TPSA) is 83.6 Å². The molecule has 1 amide bonds. The molecule has 1 unspecified atom stereocenters. The Bertz CT molecular complexity index is 673. The second kappa shape index (κ2) is 6.07. The largest absolute Gasteiger partial charge is 0.311 e. The van der Waals surface area contributed by atoms with Crippen LogP contribution in [0.4, 0.5) is 11.4 Å². The fraction of sp³-hybridized carbons (Fsp3) is 0.385. The molecule has 1 atom stereocenters. The molecule has 114 valence electrons. The van der Waals surface area contributed by atoms with Crippen LogP contribution in [-0.2, 0) is 19.6 Å². The van der Waals surface area contributed by atoms with E-state index in [4.69, 9.17) is 0 Å². The van der Waals surface area contributed by atoms with Gasteiger partial charge in [-0.05, 0) is 18.2 Å². The predicted molar refractivity (Wildman–Crippen MR) is 83.9 cm³/mol. The fourth-order valence-corrected chi connectivity index (χ4v) is 3.66. The van der Waals surface area contributed by atoms with Gasteiger partial charge in [-0.1, -0.05) is 17.8 Å². The molecule has 8 heteroatoms. The molecule has 0 spiro atoms. The van der Waals surface area contributed by atoms with Crippen LogP contribution in [0.2, 0.25) is 0 Å². The van der Waals surface area contributed by atoms with Crippen molar-refractivity contribution in [2.45, 2.75) is 18.6 Å². The van der Waals surface area contributed by atoms with E-state index in [-0.39, 0.29) is 16.3 Å². The smallest absolute Gasteiger partial charge is 0.229 e. The zero-order chi connectivity index (χ0) is 15.6. The monoisotopic (exact) mass is 328 g/mol. The number of carbonyl (C=O) groups is 2. The van der Waals surface area contributed by atoms with Crippen LogP contribution in [0.5, 0.6) is 0 Å². The highest BCUT2D eigenvalue weighted by atomic mass is 32.2. The molecule has 2 rings (SSSR count). The fourth-order valence-electron chi connectivity index (χ4n) is 2.19. The number of nitrogens with one attached hydrogen (secondary N) is 1. The number of carbonyl (C=O) groups excluding carboxylic acids is 2. The minimum Gasteiger partial charge on any atom is -0.311 e. The summed E-state index contributed by atoms with van der Waals surface area (Å²) >= 11 is 1.17. The first-order valence-electron chi connectivity index (χ1n) is 6.30. The average molecular weight is 328 g/mol. The van der Waals surface area contributed by atoms with Gasteiger partial charge in [-0.2, -0.15) is 0 Å². The number of benzene rings is 1. The minimum absolute atomic E-state index is 0.0119. The van der Waals surface area contributed by atoms with E-state index in [1.165, 1.54) is 18.7 Å². The SMILES string of the molecule is CC(=O)SC1CC(=O)N(c2cccc(NS(C)(=O)=O)c2)C1. The number of hydrogen-bond donors (Lipinski definition) is 1. The third-order valence-corrected chi connectivity index (χ3v) is 4.47. The van der Waals surface area contributed by atoms with E-state index in [2.05, 4.69) is 4.72 Å². The Morgan fingerprint density at radius 2 is 2.14 bits per heavy atom. The summed E-state index contributed by atoms with van der Waals surface area (Å²) in [5.74, 6) is -0.0646. The Labute approximate surface area is 127 Å². The Kier molecular flexibility index (Phi) is 4.58. The molecule has 0 aromatic heterocycles. The second-order valence-corrected chi connectivity index (χ2v) is 8.09. The van der Waals surface area contributed by atoms with Crippen molar-refractivity contribution < 1.29 is 18.0 Å². The molecule has 1 fully saturated rings. The van der Waals surface area contributed by atoms with Crippen LogP contribution < -0.4 is 9.62 Å². The lowest BCUT2D eigenvalue weighted by Crippen LogP contribution is -2.25. The van der Waals surface area contributed by atoms with Gasteiger partial charge in [0.2, 0.25) is 15.9 Å². The molecule has 0 aliphatic carbocycles. The first-order chi connectivity index (χ1) is 9.74. The molecular weight excluding hydrogens is 312 g/mol. The van der Waals surface area contributed by atoms with Crippen LogP contribution in [0.25, 0.3) is 0 Å². The van der Waals surface area contributed by atoms with E-state index >= 15 is 0 Å². The molecular formula is C13H16N2O4S2. The Balaban J connectivity index is 2.17. The second-order valence-electron chi connectivity index (χ2n) is 4.86. The predicted octanol–water partition coefficient (Wildman–Crippen LogP) is 1.44. The van der Waals surface area contributed by atoms with Crippen molar-refractivity contribution in [1.29, 1.82) is 0 Å². The van der Waals surface area contributed by atoms with Crippen molar-refractivity contribution in [3.05, 3.63) is 24.3 Å². The molecule has 1 aliphatic rings. The van der Waals surface area contributed by atoms with E-state index in [1.54, 1.807) is 29.2 Å². The molecule has 21 heavy (non-hydrogen) atoms. The van der Waals surface area contributed by atoms with Gasteiger partial charge >= 0.3 is 0 Å². The standard InChI is InChI=1S/C13H16N2O4S2/c1-9(16)20-12-7-13(17)15(8-12)11-5-3-4-10(6-11)14-21(2,18)19/h3-6,12,14H,7-8H2,1-2H3. The molecule has 1 aromatic rings. The Hall–Kier alpha value is -1.54. The molecule has 0 radical (unpaired) electrons. The number of thioether (sulfide) groups is 1. The van der Waals surface area contributed by atoms with Crippen molar-refractivity contribution in [1.82, 2.24) is 0 Å². The average Bonchev–Trinajstić information content (AvgIpc) is 2.67. The molecule has 1 N–H and O–H groups in total. The zero-order valence-electron chi connectivity index (χ0n) is 11.7. The summed E-state index contributed by atoms with van der Waals surface area (Å²) in [6.07, 6.45) is 1.38. The number of nitrogens with zero attached hydrogens (tertiary/aromatic N) is 1. The lowest BCUT2D eigenvalue weighted by molar-refractivity contribution is -0.117. The quantitative estimate of drug-likeness (QED) is 0.904. The summed E-state index contributed by atoms with van der Waals surface area (Å²) in [5.41, 5.74) is 1.03. The molecule has 1 aromatic carbocycles. The number of sulfonamides is 1. The van der Waals surface area contributed by atoms with E-state index in [9.17, 15) is 18.0 Å². The van der Waals surface area contributed by atoms with Crippen LogP contribution in [-0.4, -0.2) is 37.5 Å². The van der Waals surface area contributed by atoms with E-state index in [0.717, 1.165) is 6.26 Å². The third-order valence-electron chi connectivity index (χ3n) is 2.88. The zero-order valence-corrected chi connectivity index (χ0v) is 13.3. The Morgan fingerprint density at radius 3 is 2.76 bits per heavy atom. The number of amides is 1. The maximum atomic E-state index is 12.0. The van der Waals surface area contributed by atoms with Gasteiger partial charge in [0, 0.05) is 30.8 Å². The van der Waals surface area contributed by atoms with Gasteiger partial charge in [-0.3, -0.25) is 14.3 Å². The highest BCUT2D eigenvalue weighted by Crippen LogP contribution is 2.30. The summed E-state index contributed by atoms with van der Waals surface area (Å²) in [4.78, 5) is 24.7. The number of rotatable bonds is 4. The van der Waals surface area contributed by atoms with E-state index in [1.807, 2.05) is 0 Å². The van der Waals surface area contributed by atoms with Crippen molar-refractivity contribution in [3.63, 3.8) is 0 Å². The molecule has 1 aliphatic heterocycles. The normalized spacial score (nSPS) is 18.9. The highest BCUT2D eigenvalue weighted by Gasteiger charge is 2.31. The number of hydrogen-bond acceptors (Lipinski definition) is 5. The van der Waals surface area contributed by atoms with E-state index < -0.39 is 10.0 Å². The lowest BCUT2D eigenvalue weighted by Gasteiger charge is -2.17. The summed E-state index contributed by atoms with van der Waals surface area (Å²) in [6, 6.07) is 6.65. The minimum atomic E-state index is -3.36. The van der Waals surface area contributed by atoms with E-state index in [0.29, 0.717) is 24.3 Å².